The van der Waals surface area contributed by atoms with Crippen molar-refractivity contribution in [3.05, 3.63) is 148 Å². The number of benzene rings is 2. The molecule has 5 N–H and O–H groups in total. The minimum Gasteiger partial charge on any atom is -0.468 e. The lowest BCUT2D eigenvalue weighted by Gasteiger charge is -2.37. The Morgan fingerprint density at radius 3 is 1.80 bits per heavy atom. The number of nitrogens with one attached hydrogen (secondary N) is 2. The Hall–Kier alpha value is -7.50. The lowest BCUT2D eigenvalue weighted by Crippen LogP contribution is -2.48. The molecular formula is C59H67ClF4N12O9S2Si. The van der Waals surface area contributed by atoms with Crippen molar-refractivity contribution in [3.63, 3.8) is 0 Å². The van der Waals surface area contributed by atoms with Crippen molar-refractivity contribution in [2.24, 2.45) is 27.6 Å². The number of aliphatic hydroxyl groups excluding tert-OH is 1. The predicted octanol–water partition coefficient (Wildman–Crippen LogP) is 10.7. The number of oxazole rings is 2. The summed E-state index contributed by atoms with van der Waals surface area (Å²) in [5.41, 5.74) is 3.96. The highest BCUT2D eigenvalue weighted by molar-refractivity contribution is 8.16. The number of nitrogens with two attached hydrogens (primary N) is 1. The van der Waals surface area contributed by atoms with E-state index in [1.54, 1.807) is 41.7 Å². The molecule has 468 valence electrons. The number of aliphatic hydroxyl groups is 1. The molecule has 2 aromatic carbocycles. The molecule has 29 heteroatoms. The van der Waals surface area contributed by atoms with Crippen molar-refractivity contribution in [3.8, 4) is 5.88 Å². The van der Waals surface area contributed by atoms with Crippen molar-refractivity contribution in [1.82, 2.24) is 45.4 Å². The third-order valence-corrected chi connectivity index (χ3v) is 19.3. The van der Waals surface area contributed by atoms with Gasteiger partial charge < -0.3 is 44.5 Å². The number of nitrogens with zero attached hydrogens (tertiary/aromatic N) is 9. The second-order valence-corrected chi connectivity index (χ2v) is 32.0. The third kappa shape index (κ3) is 15.5. The first-order valence-corrected chi connectivity index (χ1v) is 33.3. The van der Waals surface area contributed by atoms with E-state index in [9.17, 15) is 18.8 Å². The molecule has 0 spiro atoms. The van der Waals surface area contributed by atoms with Gasteiger partial charge in [-0.2, -0.15) is 0 Å². The Balaban J connectivity index is 0.000000208. The van der Waals surface area contributed by atoms with Crippen LogP contribution in [0, 0.1) is 23.5 Å². The van der Waals surface area contributed by atoms with Crippen LogP contribution in [0.1, 0.15) is 92.6 Å². The lowest BCUT2D eigenvalue weighted by atomic mass is 9.84. The first-order chi connectivity index (χ1) is 41.6. The molecule has 0 bridgehead atoms. The minimum absolute atomic E-state index is 0.0174. The molecule has 3 amide bonds. The van der Waals surface area contributed by atoms with E-state index in [1.807, 2.05) is 0 Å². The molecule has 10 rings (SSSR count). The van der Waals surface area contributed by atoms with Crippen LogP contribution in [0.2, 0.25) is 30.8 Å². The van der Waals surface area contributed by atoms with Crippen LogP contribution < -0.4 is 21.1 Å². The number of aliphatic imine (C=N–C) groups is 2. The van der Waals surface area contributed by atoms with Gasteiger partial charge in [0.2, 0.25) is 17.7 Å². The molecule has 0 radical (unpaired) electrons. The highest BCUT2D eigenvalue weighted by atomic mass is 35.5. The molecule has 4 aliphatic rings. The Labute approximate surface area is 519 Å². The normalized spacial score (nSPS) is 22.8. The number of hydrogen-bond acceptors (Lipinski definition) is 20. The SMILES string of the molecule is CNC(=O)[C@]12C[C@H]1[C@@](C)(c1cc(/C=C(\F)c3cnc(Cl)cn3)ccc1F)N=C(N(COCC[Si](C)(C)C)C(=O)OC(C)(C)C)S2.CNC(=O)[C@]12C[C@H]1[C@@](C)(c1cc(/C=C(\F)c3cnc(OCc4cnco4)cn3)ccc1F)N=C(N)S2.OCc1cnco1. The molecule has 0 saturated heterocycles. The number of amides is 3. The van der Waals surface area contributed by atoms with Crippen molar-refractivity contribution in [2.75, 3.05) is 27.4 Å². The first kappa shape index (κ1) is 66.4. The van der Waals surface area contributed by atoms with Gasteiger partial charge in [-0.25, -0.2) is 57.2 Å². The Morgan fingerprint density at radius 2 is 1.33 bits per heavy atom. The number of carbonyl (C=O) groups is 3. The van der Waals surface area contributed by atoms with Crippen LogP contribution in [0.3, 0.4) is 0 Å². The zero-order valence-electron chi connectivity index (χ0n) is 49.9. The molecular weight excluding hydrogens is 1220 g/mol. The van der Waals surface area contributed by atoms with E-state index < -0.39 is 69.5 Å². The number of amidine groups is 2. The molecule has 2 aliphatic carbocycles. The quantitative estimate of drug-likeness (QED) is 0.0286. The van der Waals surface area contributed by atoms with E-state index in [1.165, 1.54) is 122 Å². The van der Waals surface area contributed by atoms with Gasteiger partial charge in [-0.3, -0.25) is 19.6 Å². The highest BCUT2D eigenvalue weighted by Gasteiger charge is 2.72. The summed E-state index contributed by atoms with van der Waals surface area (Å²) >= 11 is 8.13. The number of ether oxygens (including phenoxy) is 3. The molecule has 2 fully saturated rings. The van der Waals surface area contributed by atoms with Crippen molar-refractivity contribution >= 4 is 95.2 Å². The number of halogens is 5. The molecule has 2 aliphatic heterocycles. The summed E-state index contributed by atoms with van der Waals surface area (Å²) in [5.74, 6) is -2.34. The van der Waals surface area contributed by atoms with E-state index >= 15 is 13.2 Å². The Bertz CT molecular complexity index is 3620. The number of aromatic nitrogens is 6. The average molecular weight is 1290 g/mol. The smallest absolute Gasteiger partial charge is 0.418 e. The summed E-state index contributed by atoms with van der Waals surface area (Å²) in [5, 5.41) is 14.2. The third-order valence-electron chi connectivity index (χ3n) is 14.6. The van der Waals surface area contributed by atoms with Crippen molar-refractivity contribution in [2.45, 2.75) is 113 Å². The number of rotatable bonds is 17. The topological polar surface area (TPSA) is 281 Å². The van der Waals surface area contributed by atoms with Crippen molar-refractivity contribution in [1.29, 1.82) is 0 Å². The van der Waals surface area contributed by atoms with Gasteiger partial charge in [-0.05, 0) is 101 Å². The molecule has 2 saturated carbocycles. The maximum Gasteiger partial charge on any atom is 0.418 e. The monoisotopic (exact) mass is 1290 g/mol. The summed E-state index contributed by atoms with van der Waals surface area (Å²) in [7, 11) is 1.67. The fraction of sp³-hybridized carbons (Fsp3) is 0.407. The van der Waals surface area contributed by atoms with Gasteiger partial charge in [-0.15, -0.1) is 0 Å². The lowest BCUT2D eigenvalue weighted by molar-refractivity contribution is -0.122. The molecule has 6 heterocycles. The van der Waals surface area contributed by atoms with Crippen LogP contribution in [0.25, 0.3) is 23.8 Å². The van der Waals surface area contributed by atoms with Crippen LogP contribution in [-0.4, -0.2) is 119 Å². The first-order valence-electron chi connectivity index (χ1n) is 27.6. The number of fused-ring (bicyclic) bond motifs is 2. The van der Waals surface area contributed by atoms with E-state index in [-0.39, 0.29) is 81.6 Å². The summed E-state index contributed by atoms with van der Waals surface area (Å²) in [4.78, 5) is 73.5. The Morgan fingerprint density at radius 1 is 0.795 bits per heavy atom. The molecule has 4 aromatic heterocycles. The minimum atomic E-state index is -1.42. The summed E-state index contributed by atoms with van der Waals surface area (Å²) in [6, 6.07) is 9.28. The summed E-state index contributed by atoms with van der Waals surface area (Å²) in [6.07, 6.45) is 13.1. The van der Waals surface area contributed by atoms with Gasteiger partial charge in [0.05, 0.1) is 48.3 Å². The highest BCUT2D eigenvalue weighted by Crippen LogP contribution is 2.67. The van der Waals surface area contributed by atoms with E-state index in [2.05, 4.69) is 69.6 Å². The zero-order valence-corrected chi connectivity index (χ0v) is 53.3. The number of thioether (sulfide) groups is 2. The van der Waals surface area contributed by atoms with Crippen LogP contribution in [0.15, 0.2) is 105 Å². The number of hydrogen-bond donors (Lipinski definition) is 4. The zero-order chi connectivity index (χ0) is 64.0. The van der Waals surface area contributed by atoms with Gasteiger partial charge in [0, 0.05) is 51.7 Å². The van der Waals surface area contributed by atoms with Gasteiger partial charge in [0.1, 0.15) is 69.0 Å². The largest absolute Gasteiger partial charge is 0.468 e. The Kier molecular flexibility index (Phi) is 20.4. The molecule has 21 nitrogen and oxygen atoms in total. The van der Waals surface area contributed by atoms with Crippen molar-refractivity contribution < 1.29 is 60.1 Å². The van der Waals surface area contributed by atoms with Gasteiger partial charge in [-0.1, -0.05) is 66.9 Å². The van der Waals surface area contributed by atoms with Crippen LogP contribution in [0.5, 0.6) is 5.88 Å². The molecule has 6 aromatic rings. The van der Waals surface area contributed by atoms with Crippen LogP contribution in [-0.2, 0) is 43.4 Å². The second kappa shape index (κ2) is 27.1. The van der Waals surface area contributed by atoms with E-state index in [0.717, 1.165) is 17.8 Å². The molecule has 0 unspecified atom stereocenters. The van der Waals surface area contributed by atoms with Crippen LogP contribution >= 0.6 is 35.1 Å². The van der Waals surface area contributed by atoms with E-state index in [4.69, 9.17) is 46.1 Å². The maximum absolute atomic E-state index is 15.7. The number of carbonyl (C=O) groups excluding carboxylic acids is 3. The average Bonchev–Trinajstić information content (AvgIpc) is 1.68. The summed E-state index contributed by atoms with van der Waals surface area (Å²) < 4.78 is 85.8. The fourth-order valence-corrected chi connectivity index (χ4v) is 13.8. The van der Waals surface area contributed by atoms with Gasteiger partial charge >= 0.3 is 6.09 Å². The second-order valence-electron chi connectivity index (χ2n) is 23.4. The standard InChI is InChI=1S/C31H40ClF2N5O4SSi.C24H22F2N6O3S.C4H5NO2/c1-29(2,3)43-28(41)39(18-42-11-12-45(6,7)8)27-38-30(4,24-15-31(24,44-27)26(40)35-5)20-13-19(9-10-21(20)33)14-22(34)23-16-37-25(32)17-36-23;1-23(19-7-24(19,21(33)28-2)36-22(27)32-23)15-5-13(3-4-16(15)25)6-17(26)18-9-31-20(10-30-18)34-11-14-8-29-12-35-14;6-2-4-1-5-3-7-4/h9-10,13-14,16-17,24H,11-12,15,18H2,1-8H3,(H,35,40);3-6,8-10,12,19H,7,11H2,1-2H3,(H2,27,32)(H,28,33);1,3,6H,2H2/b22-14-;17-6-;/t24-,30+,31-;19-,23+,24-;/m00./s1. The fourth-order valence-electron chi connectivity index (χ4n) is 9.87. The predicted molar refractivity (Wildman–Crippen MR) is 329 cm³/mol. The molecule has 88 heavy (non-hydrogen) atoms. The summed E-state index contributed by atoms with van der Waals surface area (Å²) in [6.45, 7) is 15.7. The van der Waals surface area contributed by atoms with E-state index in [0.29, 0.717) is 42.1 Å². The van der Waals surface area contributed by atoms with Gasteiger partial charge in [0.15, 0.2) is 40.5 Å². The molecule has 6 atom stereocenters. The van der Waals surface area contributed by atoms with Crippen LogP contribution in [0.4, 0.5) is 22.4 Å². The maximum atomic E-state index is 15.7. The van der Waals surface area contributed by atoms with Gasteiger partial charge in [0.25, 0.3) is 0 Å².